The summed E-state index contributed by atoms with van der Waals surface area (Å²) in [5.74, 6) is -1.03. The Labute approximate surface area is 80.1 Å². The van der Waals surface area contributed by atoms with Gasteiger partial charge in [-0.25, -0.2) is 0 Å². The number of carbonyl (C=O) groups excluding carboxylic acids is 2. The molecule has 0 aromatic heterocycles. The first-order valence-corrected chi connectivity index (χ1v) is 3.88. The number of carbonyl (C=O) groups is 2. The van der Waals surface area contributed by atoms with E-state index in [9.17, 15) is 19.7 Å². The van der Waals surface area contributed by atoms with Crippen LogP contribution in [-0.4, -0.2) is 29.6 Å². The van der Waals surface area contributed by atoms with Gasteiger partial charge in [0, 0.05) is 0 Å². The molecule has 0 saturated heterocycles. The molecule has 0 aromatic rings. The van der Waals surface area contributed by atoms with Gasteiger partial charge in [0.15, 0.2) is 0 Å². The Morgan fingerprint density at radius 3 is 2.50 bits per heavy atom. The van der Waals surface area contributed by atoms with E-state index in [1.54, 1.807) is 0 Å². The van der Waals surface area contributed by atoms with Crippen molar-refractivity contribution < 1.29 is 24.3 Å². The van der Waals surface area contributed by atoms with Gasteiger partial charge in [0.05, 0.1) is 0 Å². The first kappa shape index (κ1) is 12.3. The standard InChI is InChI=1S/C7H11NO6/c1-5(9)3-7(10)13-4-6(2)14-8(11)12/h6H,3-4H2,1-2H3. The first-order valence-electron chi connectivity index (χ1n) is 3.88. The normalized spacial score (nSPS) is 11.6. The maximum atomic E-state index is 10.8. The van der Waals surface area contributed by atoms with Crippen molar-refractivity contribution in [2.75, 3.05) is 6.61 Å². The van der Waals surface area contributed by atoms with Crippen LogP contribution in [-0.2, 0) is 19.2 Å². The molecule has 0 aliphatic rings. The molecule has 0 aliphatic carbocycles. The van der Waals surface area contributed by atoms with Crippen molar-refractivity contribution in [2.24, 2.45) is 0 Å². The van der Waals surface area contributed by atoms with Crippen LogP contribution in [0.2, 0.25) is 0 Å². The van der Waals surface area contributed by atoms with Crippen molar-refractivity contribution in [3.8, 4) is 0 Å². The fraction of sp³-hybridized carbons (Fsp3) is 0.714. The summed E-state index contributed by atoms with van der Waals surface area (Å²) < 4.78 is 4.53. The van der Waals surface area contributed by atoms with Crippen LogP contribution < -0.4 is 0 Å². The molecule has 1 unspecified atom stereocenters. The van der Waals surface area contributed by atoms with E-state index in [-0.39, 0.29) is 18.8 Å². The summed E-state index contributed by atoms with van der Waals surface area (Å²) in [4.78, 5) is 35.1. The molecule has 14 heavy (non-hydrogen) atoms. The quantitative estimate of drug-likeness (QED) is 0.264. The third kappa shape index (κ3) is 7.01. The minimum atomic E-state index is -0.969. The number of rotatable bonds is 6. The zero-order valence-corrected chi connectivity index (χ0v) is 7.89. The number of nitrogens with zero attached hydrogens (tertiary/aromatic N) is 1. The molecule has 80 valence electrons. The molecule has 0 N–H and O–H groups in total. The highest BCUT2D eigenvalue weighted by Gasteiger charge is 2.11. The molecule has 7 heteroatoms. The second kappa shape index (κ2) is 5.90. The van der Waals surface area contributed by atoms with Crippen LogP contribution in [0.15, 0.2) is 0 Å². The van der Waals surface area contributed by atoms with E-state index in [1.165, 1.54) is 13.8 Å². The third-order valence-corrected chi connectivity index (χ3v) is 1.14. The number of hydrogen-bond donors (Lipinski definition) is 0. The molecule has 0 aliphatic heterocycles. The van der Waals surface area contributed by atoms with E-state index >= 15 is 0 Å². The van der Waals surface area contributed by atoms with E-state index in [0.29, 0.717) is 0 Å². The molecule has 7 nitrogen and oxygen atoms in total. The molecule has 0 fully saturated rings. The second-order valence-corrected chi connectivity index (χ2v) is 2.70. The third-order valence-electron chi connectivity index (χ3n) is 1.14. The van der Waals surface area contributed by atoms with Gasteiger partial charge in [-0.05, 0) is 13.8 Å². The van der Waals surface area contributed by atoms with Crippen molar-refractivity contribution in [3.63, 3.8) is 0 Å². The SMILES string of the molecule is CC(=O)CC(=O)OCC(C)O[N+](=O)[O-]. The molecular weight excluding hydrogens is 194 g/mol. The Bertz CT molecular complexity index is 238. The zero-order valence-electron chi connectivity index (χ0n) is 7.89. The summed E-state index contributed by atoms with van der Waals surface area (Å²) in [6, 6.07) is 0. The molecular formula is C7H11NO6. The summed E-state index contributed by atoms with van der Waals surface area (Å²) in [5.41, 5.74) is 0. The lowest BCUT2D eigenvalue weighted by molar-refractivity contribution is -0.767. The number of hydrogen-bond acceptors (Lipinski definition) is 6. The van der Waals surface area contributed by atoms with E-state index in [0.717, 1.165) is 0 Å². The van der Waals surface area contributed by atoms with Gasteiger partial charge in [-0.3, -0.25) is 9.59 Å². The van der Waals surface area contributed by atoms with Crippen molar-refractivity contribution in [3.05, 3.63) is 10.1 Å². The first-order chi connectivity index (χ1) is 6.41. The number of ether oxygens (including phenoxy) is 1. The summed E-state index contributed by atoms with van der Waals surface area (Å²) in [6.45, 7) is 2.38. The fourth-order valence-corrected chi connectivity index (χ4v) is 0.642. The number of Topliss-reactive ketones (excluding diaryl/α,β-unsaturated/α-hetero) is 1. The summed E-state index contributed by atoms with van der Waals surface area (Å²) in [6.07, 6.45) is -1.16. The highest BCUT2D eigenvalue weighted by atomic mass is 17.0. The predicted molar refractivity (Wildman–Crippen MR) is 43.8 cm³/mol. The molecule has 0 aromatic carbocycles. The Balaban J connectivity index is 3.66. The predicted octanol–water partition coefficient (Wildman–Crippen LogP) is 0.106. The molecule has 1 atom stereocenters. The zero-order chi connectivity index (χ0) is 11.1. The Hall–Kier alpha value is -1.66. The van der Waals surface area contributed by atoms with Crippen molar-refractivity contribution in [1.82, 2.24) is 0 Å². The average molecular weight is 205 g/mol. The topological polar surface area (TPSA) is 95.7 Å². The van der Waals surface area contributed by atoms with E-state index < -0.39 is 17.2 Å². The van der Waals surface area contributed by atoms with Crippen molar-refractivity contribution in [2.45, 2.75) is 26.4 Å². The van der Waals surface area contributed by atoms with Gasteiger partial charge in [0.25, 0.3) is 5.09 Å². The molecule has 0 bridgehead atoms. The van der Waals surface area contributed by atoms with Crippen LogP contribution in [0.5, 0.6) is 0 Å². The average Bonchev–Trinajstić information content (AvgIpc) is 1.98. The highest BCUT2D eigenvalue weighted by molar-refractivity contribution is 5.94. The smallest absolute Gasteiger partial charge is 0.313 e. The maximum Gasteiger partial charge on any atom is 0.313 e. The monoisotopic (exact) mass is 205 g/mol. The van der Waals surface area contributed by atoms with Crippen LogP contribution >= 0.6 is 0 Å². The largest absolute Gasteiger partial charge is 0.463 e. The van der Waals surface area contributed by atoms with Crippen molar-refractivity contribution >= 4 is 11.8 Å². The minimum Gasteiger partial charge on any atom is -0.463 e. The van der Waals surface area contributed by atoms with Crippen LogP contribution in [0.1, 0.15) is 20.3 Å². The molecule has 0 radical (unpaired) electrons. The van der Waals surface area contributed by atoms with E-state index in [2.05, 4.69) is 9.57 Å². The molecule has 0 amide bonds. The van der Waals surface area contributed by atoms with E-state index in [4.69, 9.17) is 0 Å². The van der Waals surface area contributed by atoms with Gasteiger partial charge in [-0.2, -0.15) is 0 Å². The fourth-order valence-electron chi connectivity index (χ4n) is 0.642. The van der Waals surface area contributed by atoms with Crippen LogP contribution in [0.25, 0.3) is 0 Å². The van der Waals surface area contributed by atoms with Gasteiger partial charge in [0.2, 0.25) is 0 Å². The number of esters is 1. The second-order valence-electron chi connectivity index (χ2n) is 2.70. The molecule has 0 heterocycles. The van der Waals surface area contributed by atoms with E-state index in [1.807, 2.05) is 0 Å². The lowest BCUT2D eigenvalue weighted by Crippen LogP contribution is -2.22. The Kier molecular flexibility index (Phi) is 5.20. The number of ketones is 1. The van der Waals surface area contributed by atoms with Crippen LogP contribution in [0.4, 0.5) is 0 Å². The maximum absolute atomic E-state index is 10.8. The molecule has 0 rings (SSSR count). The van der Waals surface area contributed by atoms with Gasteiger partial charge < -0.3 is 9.57 Å². The minimum absolute atomic E-state index is 0.243. The van der Waals surface area contributed by atoms with Gasteiger partial charge in [-0.1, -0.05) is 0 Å². The molecule has 0 spiro atoms. The lowest BCUT2D eigenvalue weighted by Gasteiger charge is -2.09. The van der Waals surface area contributed by atoms with Gasteiger partial charge in [0.1, 0.15) is 24.9 Å². The van der Waals surface area contributed by atoms with Crippen LogP contribution in [0.3, 0.4) is 0 Å². The summed E-state index contributed by atoms with van der Waals surface area (Å²) in [7, 11) is 0. The molecule has 0 saturated carbocycles. The van der Waals surface area contributed by atoms with Gasteiger partial charge in [-0.15, -0.1) is 10.1 Å². The summed E-state index contributed by atoms with van der Waals surface area (Å²) in [5, 5.41) is 8.85. The Morgan fingerprint density at radius 2 is 2.07 bits per heavy atom. The summed E-state index contributed by atoms with van der Waals surface area (Å²) >= 11 is 0. The highest BCUT2D eigenvalue weighted by Crippen LogP contribution is 1.95. The van der Waals surface area contributed by atoms with Crippen LogP contribution in [0, 0.1) is 10.1 Å². The lowest BCUT2D eigenvalue weighted by atomic mass is 10.3. The van der Waals surface area contributed by atoms with Gasteiger partial charge >= 0.3 is 5.97 Å². The van der Waals surface area contributed by atoms with Crippen molar-refractivity contribution in [1.29, 1.82) is 0 Å². The Morgan fingerprint density at radius 1 is 1.50 bits per heavy atom.